The lowest BCUT2D eigenvalue weighted by Gasteiger charge is -2.23. The van der Waals surface area contributed by atoms with Gasteiger partial charge in [-0.25, -0.2) is 8.42 Å². The number of amides is 1. The van der Waals surface area contributed by atoms with Crippen LogP contribution in [0.25, 0.3) is 0 Å². The SMILES string of the molecule is O=C(OCC(=O)N1CCCC1)[C@@H]1CCCN1S(=O)(=O)c1ccc(Cl)cc1. The van der Waals surface area contributed by atoms with Gasteiger partial charge in [-0.3, -0.25) is 9.59 Å². The van der Waals surface area contributed by atoms with Gasteiger partial charge in [-0.1, -0.05) is 11.6 Å². The number of likely N-dealkylation sites (tertiary alicyclic amines) is 1. The Morgan fingerprint density at radius 2 is 1.73 bits per heavy atom. The molecule has 1 atom stereocenters. The van der Waals surface area contributed by atoms with Crippen molar-refractivity contribution < 1.29 is 22.7 Å². The van der Waals surface area contributed by atoms with Crippen molar-refractivity contribution >= 4 is 33.5 Å². The average Bonchev–Trinajstić information content (AvgIpc) is 3.31. The predicted octanol–water partition coefficient (Wildman–Crippen LogP) is 1.66. The van der Waals surface area contributed by atoms with Crippen molar-refractivity contribution in [3.8, 4) is 0 Å². The monoisotopic (exact) mass is 400 g/mol. The Kier molecular flexibility index (Phi) is 5.84. The number of halogens is 1. The predicted molar refractivity (Wildman–Crippen MR) is 95.1 cm³/mol. The van der Waals surface area contributed by atoms with Gasteiger partial charge in [-0.15, -0.1) is 0 Å². The standard InChI is InChI=1S/C17H21ClN2O5S/c18-13-5-7-14(8-6-13)26(23,24)20-11-3-4-15(20)17(22)25-12-16(21)19-9-1-2-10-19/h5-8,15H,1-4,9-12H2/t15-/m0/s1. The van der Waals surface area contributed by atoms with E-state index in [9.17, 15) is 18.0 Å². The van der Waals surface area contributed by atoms with Crippen molar-refractivity contribution in [3.05, 3.63) is 29.3 Å². The van der Waals surface area contributed by atoms with Gasteiger partial charge in [0.25, 0.3) is 5.91 Å². The number of nitrogens with zero attached hydrogens (tertiary/aromatic N) is 2. The molecule has 0 radical (unpaired) electrons. The highest BCUT2D eigenvalue weighted by molar-refractivity contribution is 7.89. The molecule has 0 unspecified atom stereocenters. The zero-order valence-electron chi connectivity index (χ0n) is 14.3. The third kappa shape index (κ3) is 4.02. The zero-order valence-corrected chi connectivity index (χ0v) is 15.8. The lowest BCUT2D eigenvalue weighted by atomic mass is 10.2. The number of hydrogen-bond donors (Lipinski definition) is 0. The molecule has 0 bridgehead atoms. The fourth-order valence-corrected chi connectivity index (χ4v) is 5.07. The van der Waals surface area contributed by atoms with Crippen LogP contribution in [0.3, 0.4) is 0 Å². The molecule has 0 spiro atoms. The van der Waals surface area contributed by atoms with E-state index in [2.05, 4.69) is 0 Å². The molecular weight excluding hydrogens is 380 g/mol. The third-order valence-corrected chi connectivity index (χ3v) is 6.87. The summed E-state index contributed by atoms with van der Waals surface area (Å²) in [5, 5.41) is 0.432. The highest BCUT2D eigenvalue weighted by atomic mass is 35.5. The maximum atomic E-state index is 12.8. The summed E-state index contributed by atoms with van der Waals surface area (Å²) in [6, 6.07) is 4.91. The van der Waals surface area contributed by atoms with E-state index in [0.717, 1.165) is 17.1 Å². The molecule has 142 valence electrons. The Morgan fingerprint density at radius 1 is 1.08 bits per heavy atom. The number of ether oxygens (including phenoxy) is 1. The van der Waals surface area contributed by atoms with E-state index in [0.29, 0.717) is 31.0 Å². The van der Waals surface area contributed by atoms with Crippen molar-refractivity contribution in [1.82, 2.24) is 9.21 Å². The molecule has 26 heavy (non-hydrogen) atoms. The Hall–Kier alpha value is -1.64. The van der Waals surface area contributed by atoms with Crippen LogP contribution in [0.5, 0.6) is 0 Å². The second-order valence-corrected chi connectivity index (χ2v) is 8.75. The summed E-state index contributed by atoms with van der Waals surface area (Å²) >= 11 is 5.81. The fourth-order valence-electron chi connectivity index (χ4n) is 3.29. The van der Waals surface area contributed by atoms with Crippen LogP contribution in [0.2, 0.25) is 5.02 Å². The van der Waals surface area contributed by atoms with Gasteiger partial charge in [-0.05, 0) is 49.9 Å². The maximum absolute atomic E-state index is 12.8. The lowest BCUT2D eigenvalue weighted by molar-refractivity contribution is -0.154. The average molecular weight is 401 g/mol. The van der Waals surface area contributed by atoms with Gasteiger partial charge in [-0.2, -0.15) is 4.31 Å². The molecule has 1 amide bonds. The number of hydrogen-bond acceptors (Lipinski definition) is 5. The lowest BCUT2D eigenvalue weighted by Crippen LogP contribution is -2.42. The number of rotatable bonds is 5. The van der Waals surface area contributed by atoms with Gasteiger partial charge >= 0.3 is 5.97 Å². The first-order chi connectivity index (χ1) is 12.4. The van der Waals surface area contributed by atoms with Crippen molar-refractivity contribution in [3.63, 3.8) is 0 Å². The molecular formula is C17H21ClN2O5S. The van der Waals surface area contributed by atoms with E-state index in [1.165, 1.54) is 24.3 Å². The molecule has 3 rings (SSSR count). The summed E-state index contributed by atoms with van der Waals surface area (Å²) < 4.78 is 31.9. The normalized spacial score (nSPS) is 21.1. The smallest absolute Gasteiger partial charge is 0.324 e. The molecule has 2 heterocycles. The van der Waals surface area contributed by atoms with E-state index >= 15 is 0 Å². The minimum Gasteiger partial charge on any atom is -0.454 e. The summed E-state index contributed by atoms with van der Waals surface area (Å²) in [7, 11) is -3.83. The number of benzene rings is 1. The van der Waals surface area contributed by atoms with Crippen LogP contribution in [-0.4, -0.2) is 61.8 Å². The van der Waals surface area contributed by atoms with Gasteiger partial charge in [0.2, 0.25) is 10.0 Å². The van der Waals surface area contributed by atoms with E-state index in [-0.39, 0.29) is 24.0 Å². The topological polar surface area (TPSA) is 84.0 Å². The van der Waals surface area contributed by atoms with Crippen LogP contribution in [0.15, 0.2) is 29.2 Å². The molecule has 1 aromatic carbocycles. The quantitative estimate of drug-likeness (QED) is 0.702. The van der Waals surface area contributed by atoms with Gasteiger partial charge in [0.15, 0.2) is 6.61 Å². The summed E-state index contributed by atoms with van der Waals surface area (Å²) in [6.07, 6.45) is 2.85. The highest BCUT2D eigenvalue weighted by Crippen LogP contribution is 2.27. The van der Waals surface area contributed by atoms with E-state index in [4.69, 9.17) is 16.3 Å². The van der Waals surface area contributed by atoms with Crippen LogP contribution in [0, 0.1) is 0 Å². The number of carbonyl (C=O) groups is 2. The molecule has 2 fully saturated rings. The van der Waals surface area contributed by atoms with Crippen molar-refractivity contribution in [2.75, 3.05) is 26.2 Å². The van der Waals surface area contributed by atoms with Gasteiger partial charge < -0.3 is 9.64 Å². The van der Waals surface area contributed by atoms with Gasteiger partial charge in [0.1, 0.15) is 6.04 Å². The van der Waals surface area contributed by atoms with Crippen LogP contribution in [0.4, 0.5) is 0 Å². The van der Waals surface area contributed by atoms with Crippen molar-refractivity contribution in [1.29, 1.82) is 0 Å². The molecule has 2 saturated heterocycles. The van der Waals surface area contributed by atoms with Crippen LogP contribution < -0.4 is 0 Å². The minimum absolute atomic E-state index is 0.0785. The van der Waals surface area contributed by atoms with Crippen LogP contribution in [-0.2, 0) is 24.3 Å². The molecule has 2 aliphatic rings. The molecule has 0 aliphatic carbocycles. The zero-order chi connectivity index (χ0) is 18.7. The summed E-state index contributed by atoms with van der Waals surface area (Å²) in [4.78, 5) is 26.1. The molecule has 0 aromatic heterocycles. The molecule has 7 nitrogen and oxygen atoms in total. The Morgan fingerprint density at radius 3 is 2.38 bits per heavy atom. The Labute approximate surface area is 157 Å². The Bertz CT molecular complexity index is 775. The summed E-state index contributed by atoms with van der Waals surface area (Å²) in [5.74, 6) is -0.909. The van der Waals surface area contributed by atoms with Crippen molar-refractivity contribution in [2.24, 2.45) is 0 Å². The molecule has 9 heteroatoms. The van der Waals surface area contributed by atoms with Gasteiger partial charge in [0.05, 0.1) is 4.90 Å². The molecule has 1 aromatic rings. The minimum atomic E-state index is -3.83. The van der Waals surface area contributed by atoms with Gasteiger partial charge in [0, 0.05) is 24.7 Å². The first kappa shape index (κ1) is 19.1. The summed E-state index contributed by atoms with van der Waals surface area (Å²) in [6.45, 7) is 1.25. The van der Waals surface area contributed by atoms with Crippen LogP contribution in [0.1, 0.15) is 25.7 Å². The first-order valence-corrected chi connectivity index (χ1v) is 10.4. The fraction of sp³-hybridized carbons (Fsp3) is 0.529. The number of esters is 1. The third-order valence-electron chi connectivity index (χ3n) is 4.69. The van der Waals surface area contributed by atoms with E-state index < -0.39 is 22.0 Å². The van der Waals surface area contributed by atoms with E-state index in [1.807, 2.05) is 0 Å². The Balaban J connectivity index is 1.66. The van der Waals surface area contributed by atoms with Crippen LogP contribution >= 0.6 is 11.6 Å². The summed E-state index contributed by atoms with van der Waals surface area (Å²) in [5.41, 5.74) is 0. The van der Waals surface area contributed by atoms with E-state index in [1.54, 1.807) is 4.90 Å². The van der Waals surface area contributed by atoms with Crippen molar-refractivity contribution in [2.45, 2.75) is 36.6 Å². The molecule has 0 saturated carbocycles. The molecule has 0 N–H and O–H groups in total. The number of carbonyl (C=O) groups excluding carboxylic acids is 2. The first-order valence-electron chi connectivity index (χ1n) is 8.61. The molecule has 2 aliphatic heterocycles. The second kappa shape index (κ2) is 7.94. The number of sulfonamides is 1. The maximum Gasteiger partial charge on any atom is 0.324 e. The highest BCUT2D eigenvalue weighted by Gasteiger charge is 2.40. The second-order valence-electron chi connectivity index (χ2n) is 6.42. The largest absolute Gasteiger partial charge is 0.454 e.